The Morgan fingerprint density at radius 2 is 2.38 bits per heavy atom. The van der Waals surface area contributed by atoms with E-state index < -0.39 is 0 Å². The van der Waals surface area contributed by atoms with E-state index >= 15 is 0 Å². The second-order valence-electron chi connectivity index (χ2n) is 3.20. The predicted molar refractivity (Wildman–Crippen MR) is 68.7 cm³/mol. The largest absolute Gasteiger partial charge is 0.378 e. The molecule has 0 saturated carbocycles. The molecule has 0 saturated heterocycles. The monoisotopic (exact) mass is 298 g/mol. The van der Waals surface area contributed by atoms with Crippen molar-refractivity contribution in [1.82, 2.24) is 9.97 Å². The van der Waals surface area contributed by atoms with Gasteiger partial charge in [-0.05, 0) is 12.1 Å². The molecule has 3 nitrogen and oxygen atoms in total. The molecule has 0 N–H and O–H groups in total. The maximum absolute atomic E-state index is 5.13. The Morgan fingerprint density at radius 3 is 3.00 bits per heavy atom. The van der Waals surface area contributed by atoms with Crippen LogP contribution in [0.25, 0.3) is 10.6 Å². The van der Waals surface area contributed by atoms with Gasteiger partial charge in [-0.15, -0.1) is 11.3 Å². The van der Waals surface area contributed by atoms with Gasteiger partial charge in [0, 0.05) is 35.3 Å². The first-order valence-corrected chi connectivity index (χ1v) is 6.73. The predicted octanol–water partition coefficient (Wildman–Crippen LogP) is 3.25. The zero-order chi connectivity index (χ0) is 11.4. The number of hydrogen-bond acceptors (Lipinski definition) is 4. The summed E-state index contributed by atoms with van der Waals surface area (Å²) in [6.07, 6.45) is 3.59. The Morgan fingerprint density at radius 1 is 1.50 bits per heavy atom. The van der Waals surface area contributed by atoms with Crippen molar-refractivity contribution in [3.05, 3.63) is 35.1 Å². The van der Waals surface area contributed by atoms with Crippen molar-refractivity contribution >= 4 is 27.3 Å². The quantitative estimate of drug-likeness (QED) is 0.813. The van der Waals surface area contributed by atoms with Gasteiger partial charge in [0.05, 0.1) is 12.3 Å². The van der Waals surface area contributed by atoms with E-state index in [1.54, 1.807) is 24.6 Å². The van der Waals surface area contributed by atoms with Gasteiger partial charge >= 0.3 is 0 Å². The van der Waals surface area contributed by atoms with E-state index in [4.69, 9.17) is 4.74 Å². The molecule has 0 radical (unpaired) electrons. The molecule has 0 aliphatic rings. The highest BCUT2D eigenvalue weighted by molar-refractivity contribution is 9.08. The molecule has 0 aromatic carbocycles. The number of alkyl halides is 1. The number of ether oxygens (including phenoxy) is 1. The summed E-state index contributed by atoms with van der Waals surface area (Å²) in [5, 5.41) is 1.80. The molecule has 2 heterocycles. The van der Waals surface area contributed by atoms with Crippen molar-refractivity contribution in [2.75, 3.05) is 7.11 Å². The number of thiazole rings is 1. The van der Waals surface area contributed by atoms with Gasteiger partial charge in [-0.25, -0.2) is 4.98 Å². The SMILES string of the molecule is COCc1nc(-c2cccnc2)sc1CBr. The van der Waals surface area contributed by atoms with E-state index in [2.05, 4.69) is 25.9 Å². The van der Waals surface area contributed by atoms with Gasteiger partial charge in [0.15, 0.2) is 0 Å². The van der Waals surface area contributed by atoms with Crippen molar-refractivity contribution in [3.8, 4) is 10.6 Å². The van der Waals surface area contributed by atoms with Gasteiger partial charge in [0.25, 0.3) is 0 Å². The Labute approximate surface area is 107 Å². The number of pyridine rings is 1. The van der Waals surface area contributed by atoms with E-state index in [-0.39, 0.29) is 0 Å². The standard InChI is InChI=1S/C11H11BrN2OS/c1-15-7-9-10(5-12)16-11(14-9)8-3-2-4-13-6-8/h2-4,6H,5,7H2,1H3. The second-order valence-corrected chi connectivity index (χ2v) is 4.84. The van der Waals surface area contributed by atoms with Crippen molar-refractivity contribution < 1.29 is 4.74 Å². The van der Waals surface area contributed by atoms with Crippen LogP contribution in [0, 0.1) is 0 Å². The maximum atomic E-state index is 5.13. The maximum Gasteiger partial charge on any atom is 0.125 e. The summed E-state index contributed by atoms with van der Waals surface area (Å²) in [5.74, 6) is 0. The van der Waals surface area contributed by atoms with E-state index in [0.717, 1.165) is 21.6 Å². The summed E-state index contributed by atoms with van der Waals surface area (Å²) < 4.78 is 5.13. The van der Waals surface area contributed by atoms with Crippen LogP contribution in [0.15, 0.2) is 24.5 Å². The normalized spacial score (nSPS) is 10.6. The van der Waals surface area contributed by atoms with Gasteiger partial charge in [-0.2, -0.15) is 0 Å². The molecule has 0 aliphatic carbocycles. The van der Waals surface area contributed by atoms with E-state index in [9.17, 15) is 0 Å². The van der Waals surface area contributed by atoms with Gasteiger partial charge in [0.1, 0.15) is 5.01 Å². The van der Waals surface area contributed by atoms with Crippen LogP contribution in [-0.2, 0) is 16.7 Å². The fraction of sp³-hybridized carbons (Fsp3) is 0.273. The summed E-state index contributed by atoms with van der Waals surface area (Å²) in [6, 6.07) is 3.93. The molecule has 0 fully saturated rings. The molecule has 0 bridgehead atoms. The van der Waals surface area contributed by atoms with Gasteiger partial charge in [0.2, 0.25) is 0 Å². The van der Waals surface area contributed by atoms with Gasteiger partial charge < -0.3 is 4.74 Å². The number of nitrogens with zero attached hydrogens (tertiary/aromatic N) is 2. The lowest BCUT2D eigenvalue weighted by Crippen LogP contribution is -1.91. The van der Waals surface area contributed by atoms with Crippen LogP contribution < -0.4 is 0 Å². The summed E-state index contributed by atoms with van der Waals surface area (Å²) in [6.45, 7) is 0.553. The molecule has 0 aliphatic heterocycles. The third kappa shape index (κ3) is 2.48. The zero-order valence-electron chi connectivity index (χ0n) is 8.81. The lowest BCUT2D eigenvalue weighted by molar-refractivity contribution is 0.181. The topological polar surface area (TPSA) is 35.0 Å². The molecule has 2 aromatic rings. The number of hydrogen-bond donors (Lipinski definition) is 0. The highest BCUT2D eigenvalue weighted by Gasteiger charge is 2.11. The average molecular weight is 299 g/mol. The molecule has 0 amide bonds. The van der Waals surface area contributed by atoms with Crippen LogP contribution in [0.3, 0.4) is 0 Å². The lowest BCUT2D eigenvalue weighted by Gasteiger charge is -1.95. The summed E-state index contributed by atoms with van der Waals surface area (Å²) in [4.78, 5) is 9.87. The first-order valence-electron chi connectivity index (χ1n) is 4.79. The van der Waals surface area contributed by atoms with Crippen LogP contribution in [0.4, 0.5) is 0 Å². The summed E-state index contributed by atoms with van der Waals surface area (Å²) in [7, 11) is 1.68. The minimum atomic E-state index is 0.553. The van der Waals surface area contributed by atoms with Gasteiger partial charge in [-0.3, -0.25) is 4.98 Å². The average Bonchev–Trinajstić information content (AvgIpc) is 2.74. The lowest BCUT2D eigenvalue weighted by atomic mass is 10.3. The molecule has 16 heavy (non-hydrogen) atoms. The van der Waals surface area contributed by atoms with Crippen molar-refractivity contribution in [1.29, 1.82) is 0 Å². The minimum absolute atomic E-state index is 0.553. The third-order valence-corrected chi connectivity index (χ3v) is 4.17. The Hall–Kier alpha value is -0.780. The van der Waals surface area contributed by atoms with Crippen LogP contribution >= 0.6 is 27.3 Å². The minimum Gasteiger partial charge on any atom is -0.378 e. The third-order valence-electron chi connectivity index (χ3n) is 2.09. The molecule has 5 heteroatoms. The number of rotatable bonds is 4. The smallest absolute Gasteiger partial charge is 0.125 e. The fourth-order valence-electron chi connectivity index (χ4n) is 1.35. The highest BCUT2D eigenvalue weighted by Crippen LogP contribution is 2.29. The Bertz CT molecular complexity index is 458. The van der Waals surface area contributed by atoms with Crippen molar-refractivity contribution in [3.63, 3.8) is 0 Å². The molecule has 0 spiro atoms. The van der Waals surface area contributed by atoms with Crippen molar-refractivity contribution in [2.24, 2.45) is 0 Å². The molecule has 2 rings (SSSR count). The molecule has 84 valence electrons. The molecular formula is C11H11BrN2OS. The zero-order valence-corrected chi connectivity index (χ0v) is 11.2. The van der Waals surface area contributed by atoms with Crippen LogP contribution in [0.1, 0.15) is 10.6 Å². The van der Waals surface area contributed by atoms with Crippen LogP contribution in [0.2, 0.25) is 0 Å². The Kier molecular flexibility index (Phi) is 4.04. The number of methoxy groups -OCH3 is 1. The van der Waals surface area contributed by atoms with E-state index in [1.807, 2.05) is 18.3 Å². The highest BCUT2D eigenvalue weighted by atomic mass is 79.9. The number of aromatic nitrogens is 2. The molecule has 0 atom stereocenters. The first kappa shape index (κ1) is 11.7. The van der Waals surface area contributed by atoms with E-state index in [1.165, 1.54) is 4.88 Å². The number of halogens is 1. The molecule has 0 unspecified atom stereocenters. The fourth-order valence-corrected chi connectivity index (χ4v) is 2.92. The molecular weight excluding hydrogens is 288 g/mol. The Balaban J connectivity index is 2.36. The molecule has 2 aromatic heterocycles. The first-order chi connectivity index (χ1) is 7.85. The summed E-state index contributed by atoms with van der Waals surface area (Å²) >= 11 is 5.14. The van der Waals surface area contributed by atoms with Gasteiger partial charge in [-0.1, -0.05) is 15.9 Å². The second kappa shape index (κ2) is 5.52. The van der Waals surface area contributed by atoms with Crippen molar-refractivity contribution in [2.45, 2.75) is 11.9 Å². The van der Waals surface area contributed by atoms with Crippen LogP contribution in [0.5, 0.6) is 0 Å². The van der Waals surface area contributed by atoms with E-state index in [0.29, 0.717) is 6.61 Å². The van der Waals surface area contributed by atoms with Crippen LogP contribution in [-0.4, -0.2) is 17.1 Å². The summed E-state index contributed by atoms with van der Waals surface area (Å²) in [5.41, 5.74) is 2.06.